The number of carboxylic acid groups (broad SMARTS) is 1. The van der Waals surface area contributed by atoms with Crippen LogP contribution >= 0.6 is 23.4 Å². The van der Waals surface area contributed by atoms with Gasteiger partial charge in [0, 0.05) is 5.75 Å². The van der Waals surface area contributed by atoms with Gasteiger partial charge in [0.1, 0.15) is 6.04 Å². The van der Waals surface area contributed by atoms with E-state index < -0.39 is 23.7 Å². The Balaban J connectivity index is 2.38. The molecule has 20 heavy (non-hydrogen) atoms. The Morgan fingerprint density at radius 1 is 1.55 bits per heavy atom. The average molecular weight is 318 g/mol. The lowest BCUT2D eigenvalue weighted by molar-refractivity contribution is -0.141. The smallest absolute Gasteiger partial charge is 0.327 e. The predicted octanol–water partition coefficient (Wildman–Crippen LogP) is 2.86. The van der Waals surface area contributed by atoms with Gasteiger partial charge in [0.05, 0.1) is 16.0 Å². The second-order valence-corrected chi connectivity index (χ2v) is 5.98. The summed E-state index contributed by atoms with van der Waals surface area (Å²) in [5.41, 5.74) is -0.190. The van der Waals surface area contributed by atoms with E-state index in [-0.39, 0.29) is 16.0 Å². The molecule has 1 aromatic carbocycles. The van der Waals surface area contributed by atoms with Crippen molar-refractivity contribution in [1.29, 1.82) is 0 Å². The molecular weight excluding hydrogens is 305 g/mol. The van der Waals surface area contributed by atoms with E-state index in [1.807, 2.05) is 6.92 Å². The van der Waals surface area contributed by atoms with Crippen LogP contribution in [0, 0.1) is 5.82 Å². The van der Waals surface area contributed by atoms with Crippen LogP contribution in [0.2, 0.25) is 5.02 Å². The van der Waals surface area contributed by atoms with Crippen LogP contribution in [-0.2, 0) is 4.79 Å². The molecule has 2 rings (SSSR count). The Labute approximate surface area is 124 Å². The third kappa shape index (κ3) is 2.62. The monoisotopic (exact) mass is 317 g/mol. The van der Waals surface area contributed by atoms with Crippen LogP contribution in [0.4, 0.5) is 4.39 Å². The van der Waals surface area contributed by atoms with Crippen LogP contribution < -0.4 is 0 Å². The lowest BCUT2D eigenvalue weighted by atomic mass is 10.1. The maximum atomic E-state index is 13.9. The van der Waals surface area contributed by atoms with Gasteiger partial charge in [-0.3, -0.25) is 4.79 Å². The molecule has 1 N–H and O–H groups in total. The molecule has 0 radical (unpaired) electrons. The molecule has 108 valence electrons. The summed E-state index contributed by atoms with van der Waals surface area (Å²) < 4.78 is 13.9. The van der Waals surface area contributed by atoms with Crippen LogP contribution in [0.15, 0.2) is 18.2 Å². The van der Waals surface area contributed by atoms with Crippen LogP contribution in [0.25, 0.3) is 0 Å². The maximum absolute atomic E-state index is 13.9. The van der Waals surface area contributed by atoms with Gasteiger partial charge < -0.3 is 10.0 Å². The topological polar surface area (TPSA) is 57.6 Å². The van der Waals surface area contributed by atoms with E-state index >= 15 is 0 Å². The molecule has 2 unspecified atom stereocenters. The first-order chi connectivity index (χ1) is 9.47. The van der Waals surface area contributed by atoms with Crippen molar-refractivity contribution in [3.63, 3.8) is 0 Å². The summed E-state index contributed by atoms with van der Waals surface area (Å²) in [7, 11) is 0. The SMILES string of the molecule is CCC1SCC(C(=O)O)N1C(=O)c1cccc(Cl)c1F. The third-order valence-corrected chi connectivity index (χ3v) is 4.89. The maximum Gasteiger partial charge on any atom is 0.327 e. The van der Waals surface area contributed by atoms with Gasteiger partial charge in [-0.2, -0.15) is 0 Å². The van der Waals surface area contributed by atoms with E-state index in [9.17, 15) is 19.1 Å². The fourth-order valence-electron chi connectivity index (χ4n) is 2.15. The number of hydrogen-bond acceptors (Lipinski definition) is 3. The Morgan fingerprint density at radius 2 is 2.25 bits per heavy atom. The first kappa shape index (κ1) is 15.1. The minimum Gasteiger partial charge on any atom is -0.480 e. The largest absolute Gasteiger partial charge is 0.480 e. The Hall–Kier alpha value is -1.27. The normalized spacial score (nSPS) is 22.1. The van der Waals surface area contributed by atoms with E-state index in [0.29, 0.717) is 12.2 Å². The molecule has 1 aliphatic rings. The van der Waals surface area contributed by atoms with E-state index in [2.05, 4.69) is 0 Å². The van der Waals surface area contributed by atoms with Crippen LogP contribution in [0.1, 0.15) is 23.7 Å². The number of hydrogen-bond donors (Lipinski definition) is 1. The zero-order valence-electron chi connectivity index (χ0n) is 10.7. The molecular formula is C13H13ClFNO3S. The van der Waals surface area contributed by atoms with Gasteiger partial charge in [-0.05, 0) is 18.6 Å². The van der Waals surface area contributed by atoms with Crippen molar-refractivity contribution in [2.75, 3.05) is 5.75 Å². The van der Waals surface area contributed by atoms with Gasteiger partial charge >= 0.3 is 5.97 Å². The van der Waals surface area contributed by atoms with Gasteiger partial charge in [-0.25, -0.2) is 9.18 Å². The molecule has 1 fully saturated rings. The third-order valence-electron chi connectivity index (χ3n) is 3.14. The van der Waals surface area contributed by atoms with Crippen molar-refractivity contribution in [3.05, 3.63) is 34.6 Å². The summed E-state index contributed by atoms with van der Waals surface area (Å²) in [6.07, 6.45) is 0.600. The minimum absolute atomic E-state index is 0.150. The number of rotatable bonds is 3. The first-order valence-electron chi connectivity index (χ1n) is 6.08. The number of thioether (sulfide) groups is 1. The van der Waals surface area contributed by atoms with Crippen molar-refractivity contribution in [3.8, 4) is 0 Å². The lowest BCUT2D eigenvalue weighted by Gasteiger charge is -2.26. The molecule has 1 aliphatic heterocycles. The summed E-state index contributed by atoms with van der Waals surface area (Å²) in [4.78, 5) is 24.9. The Bertz CT molecular complexity index is 554. The number of carbonyl (C=O) groups excluding carboxylic acids is 1. The number of carboxylic acids is 1. The first-order valence-corrected chi connectivity index (χ1v) is 7.51. The summed E-state index contributed by atoms with van der Waals surface area (Å²) >= 11 is 7.06. The minimum atomic E-state index is -1.08. The molecule has 1 amide bonds. The summed E-state index contributed by atoms with van der Waals surface area (Å²) in [6, 6.07) is 3.20. The highest BCUT2D eigenvalue weighted by molar-refractivity contribution is 8.00. The zero-order chi connectivity index (χ0) is 14.9. The van der Waals surface area contributed by atoms with Crippen molar-refractivity contribution in [1.82, 2.24) is 4.90 Å². The van der Waals surface area contributed by atoms with Gasteiger partial charge in [0.15, 0.2) is 5.82 Å². The Morgan fingerprint density at radius 3 is 2.85 bits per heavy atom. The molecule has 0 bridgehead atoms. The van der Waals surface area contributed by atoms with E-state index in [0.717, 1.165) is 0 Å². The van der Waals surface area contributed by atoms with E-state index in [1.165, 1.54) is 34.9 Å². The second-order valence-electron chi connectivity index (χ2n) is 4.36. The predicted molar refractivity (Wildman–Crippen MR) is 75.5 cm³/mol. The van der Waals surface area contributed by atoms with E-state index in [1.54, 1.807) is 0 Å². The van der Waals surface area contributed by atoms with Crippen molar-refractivity contribution >= 4 is 35.2 Å². The average Bonchev–Trinajstić information content (AvgIpc) is 2.85. The van der Waals surface area contributed by atoms with Crippen LogP contribution in [0.3, 0.4) is 0 Å². The zero-order valence-corrected chi connectivity index (χ0v) is 12.2. The molecule has 0 aliphatic carbocycles. The number of aliphatic carboxylic acids is 1. The molecule has 0 aromatic heterocycles. The molecule has 1 heterocycles. The van der Waals surface area contributed by atoms with Crippen LogP contribution in [-0.4, -0.2) is 39.1 Å². The number of benzene rings is 1. The highest BCUT2D eigenvalue weighted by Gasteiger charge is 2.41. The summed E-state index contributed by atoms with van der Waals surface area (Å²) in [6.45, 7) is 1.86. The summed E-state index contributed by atoms with van der Waals surface area (Å²) in [5.74, 6) is -2.21. The van der Waals surface area contributed by atoms with Gasteiger partial charge in [0.25, 0.3) is 5.91 Å². The number of nitrogens with zero attached hydrogens (tertiary/aromatic N) is 1. The summed E-state index contributed by atoms with van der Waals surface area (Å²) in [5, 5.41) is 8.78. The lowest BCUT2D eigenvalue weighted by Crippen LogP contribution is -2.45. The molecule has 0 spiro atoms. The second kappa shape index (κ2) is 6.01. The molecule has 1 saturated heterocycles. The fraction of sp³-hybridized carbons (Fsp3) is 0.385. The molecule has 7 heteroatoms. The van der Waals surface area contributed by atoms with Crippen molar-refractivity contribution < 1.29 is 19.1 Å². The van der Waals surface area contributed by atoms with Gasteiger partial charge in [0.2, 0.25) is 0 Å². The highest BCUT2D eigenvalue weighted by Crippen LogP contribution is 2.33. The molecule has 0 saturated carbocycles. The van der Waals surface area contributed by atoms with Gasteiger partial charge in [-0.15, -0.1) is 11.8 Å². The molecule has 4 nitrogen and oxygen atoms in total. The number of halogens is 2. The fourth-order valence-corrected chi connectivity index (χ4v) is 3.67. The van der Waals surface area contributed by atoms with Crippen LogP contribution in [0.5, 0.6) is 0 Å². The van der Waals surface area contributed by atoms with Gasteiger partial charge in [-0.1, -0.05) is 24.6 Å². The highest BCUT2D eigenvalue weighted by atomic mass is 35.5. The van der Waals surface area contributed by atoms with Crippen molar-refractivity contribution in [2.24, 2.45) is 0 Å². The quantitative estimate of drug-likeness (QED) is 0.931. The number of amides is 1. The number of carbonyl (C=O) groups is 2. The Kier molecular flexibility index (Phi) is 4.55. The molecule has 2 atom stereocenters. The standard InChI is InChI=1S/C13H13ClFNO3S/c1-2-10-16(9(6-20-10)13(18)19)12(17)7-4-3-5-8(14)11(7)15/h3-5,9-10H,2,6H2,1H3,(H,18,19). The van der Waals surface area contributed by atoms with Crippen molar-refractivity contribution in [2.45, 2.75) is 24.8 Å². The van der Waals surface area contributed by atoms with E-state index in [4.69, 9.17) is 11.6 Å². The molecule has 1 aromatic rings.